The zero-order chi connectivity index (χ0) is 13.2. The molecular weight excluding hydrogens is 252 g/mol. The molecular formula is C16H22N2S. The highest BCUT2D eigenvalue weighted by Gasteiger charge is 2.24. The summed E-state index contributed by atoms with van der Waals surface area (Å²) in [6, 6.07) is 9.90. The van der Waals surface area contributed by atoms with Crippen molar-refractivity contribution >= 4 is 16.9 Å². The molecule has 102 valence electrons. The monoisotopic (exact) mass is 274 g/mol. The molecule has 0 bridgehead atoms. The lowest BCUT2D eigenvalue weighted by molar-refractivity contribution is 0.521. The van der Waals surface area contributed by atoms with Gasteiger partial charge in [-0.05, 0) is 36.3 Å². The smallest absolute Gasteiger partial charge is 0.157 e. The summed E-state index contributed by atoms with van der Waals surface area (Å²) in [4.78, 5) is 4.81. The van der Waals surface area contributed by atoms with Gasteiger partial charge in [0, 0.05) is 11.8 Å². The third kappa shape index (κ3) is 2.97. The average Bonchev–Trinajstić information content (AvgIpc) is 2.87. The van der Waals surface area contributed by atoms with E-state index in [4.69, 9.17) is 4.99 Å². The number of thioether (sulfide) groups is 1. The van der Waals surface area contributed by atoms with Gasteiger partial charge in [-0.15, -0.1) is 0 Å². The Bertz CT molecular complexity index is 481. The van der Waals surface area contributed by atoms with E-state index in [0.717, 1.165) is 12.2 Å². The highest BCUT2D eigenvalue weighted by molar-refractivity contribution is 8.14. The fourth-order valence-corrected chi connectivity index (χ4v) is 4.05. The van der Waals surface area contributed by atoms with Crippen LogP contribution in [0.15, 0.2) is 29.3 Å². The maximum Gasteiger partial charge on any atom is 0.157 e. The molecule has 0 saturated carbocycles. The Labute approximate surface area is 120 Å². The van der Waals surface area contributed by atoms with Crippen molar-refractivity contribution in [2.24, 2.45) is 10.9 Å². The molecule has 3 rings (SSSR count). The second-order valence-corrected chi connectivity index (χ2v) is 6.92. The number of benzene rings is 1. The fraction of sp³-hybridized carbons (Fsp3) is 0.562. The molecule has 0 aromatic heterocycles. The van der Waals surface area contributed by atoms with Gasteiger partial charge in [0.05, 0.1) is 6.04 Å². The Kier molecular flexibility index (Phi) is 3.83. The lowest BCUT2D eigenvalue weighted by Crippen LogP contribution is -2.37. The van der Waals surface area contributed by atoms with Crippen molar-refractivity contribution < 1.29 is 0 Å². The topological polar surface area (TPSA) is 24.4 Å². The predicted octanol–water partition coefficient (Wildman–Crippen LogP) is 3.26. The maximum atomic E-state index is 4.81. The molecule has 2 unspecified atom stereocenters. The number of fused-ring (bicyclic) bond motifs is 1. The molecule has 1 aliphatic carbocycles. The Morgan fingerprint density at radius 3 is 2.79 bits per heavy atom. The summed E-state index contributed by atoms with van der Waals surface area (Å²) in [5.74, 6) is 1.79. The van der Waals surface area contributed by atoms with E-state index in [2.05, 4.69) is 43.4 Å². The zero-order valence-electron chi connectivity index (χ0n) is 11.7. The number of amidine groups is 1. The number of aliphatic imine (C=N–C) groups is 1. The average molecular weight is 274 g/mol. The van der Waals surface area contributed by atoms with Gasteiger partial charge >= 0.3 is 0 Å². The minimum atomic E-state index is 0.503. The summed E-state index contributed by atoms with van der Waals surface area (Å²) < 4.78 is 0. The molecule has 0 radical (unpaired) electrons. The third-order valence-corrected chi connectivity index (χ3v) is 5.12. The van der Waals surface area contributed by atoms with Gasteiger partial charge < -0.3 is 5.32 Å². The van der Waals surface area contributed by atoms with E-state index in [1.165, 1.54) is 29.1 Å². The molecule has 0 saturated heterocycles. The number of hydrogen-bond donors (Lipinski definition) is 1. The van der Waals surface area contributed by atoms with Crippen molar-refractivity contribution in [3.05, 3.63) is 35.4 Å². The van der Waals surface area contributed by atoms with Crippen molar-refractivity contribution in [1.82, 2.24) is 5.32 Å². The van der Waals surface area contributed by atoms with Gasteiger partial charge in [-0.2, -0.15) is 0 Å². The van der Waals surface area contributed by atoms with Crippen molar-refractivity contribution in [2.75, 3.05) is 5.75 Å². The summed E-state index contributed by atoms with van der Waals surface area (Å²) in [5.41, 5.74) is 3.04. The number of nitrogens with one attached hydrogen (secondary N) is 1. The van der Waals surface area contributed by atoms with E-state index in [1.54, 1.807) is 0 Å². The zero-order valence-corrected chi connectivity index (χ0v) is 12.5. The van der Waals surface area contributed by atoms with Gasteiger partial charge in [0.2, 0.25) is 0 Å². The van der Waals surface area contributed by atoms with Gasteiger partial charge in [0.25, 0.3) is 0 Å². The molecule has 1 aliphatic heterocycles. The number of hydrogen-bond acceptors (Lipinski definition) is 3. The highest BCUT2D eigenvalue weighted by Crippen LogP contribution is 2.25. The molecule has 0 amide bonds. The normalized spacial score (nSPS) is 26.2. The molecule has 0 fully saturated rings. The van der Waals surface area contributed by atoms with Crippen LogP contribution in [0.2, 0.25) is 0 Å². The Morgan fingerprint density at radius 2 is 2.05 bits per heavy atom. The van der Waals surface area contributed by atoms with Crippen LogP contribution in [0.4, 0.5) is 0 Å². The standard InChI is InChI=1S/C16H22N2S/c1-11(2)15-10-19-16(18-15)17-14-8-7-12-5-3-4-6-13(12)9-14/h3-6,11,14-15H,7-10H2,1-2H3,(H,17,18). The molecule has 2 aliphatic rings. The van der Waals surface area contributed by atoms with E-state index in [0.29, 0.717) is 18.0 Å². The first-order valence-corrected chi connectivity index (χ1v) is 8.25. The van der Waals surface area contributed by atoms with E-state index >= 15 is 0 Å². The summed E-state index contributed by atoms with van der Waals surface area (Å²) in [6.45, 7) is 4.52. The molecule has 2 nitrogen and oxygen atoms in total. The molecule has 2 atom stereocenters. The number of aryl methyl sites for hydroxylation is 1. The van der Waals surface area contributed by atoms with Crippen LogP contribution in [0, 0.1) is 5.92 Å². The van der Waals surface area contributed by atoms with E-state index in [-0.39, 0.29) is 0 Å². The summed E-state index contributed by atoms with van der Waals surface area (Å²) in [6.07, 6.45) is 3.56. The van der Waals surface area contributed by atoms with Gasteiger partial charge in [0.15, 0.2) is 5.17 Å². The van der Waals surface area contributed by atoms with Crippen LogP contribution in [-0.4, -0.2) is 23.0 Å². The lowest BCUT2D eigenvalue weighted by Gasteiger charge is -2.25. The minimum absolute atomic E-state index is 0.503. The van der Waals surface area contributed by atoms with Gasteiger partial charge in [-0.1, -0.05) is 49.9 Å². The van der Waals surface area contributed by atoms with Gasteiger partial charge in [0.1, 0.15) is 0 Å². The molecule has 19 heavy (non-hydrogen) atoms. The first-order valence-electron chi connectivity index (χ1n) is 7.26. The highest BCUT2D eigenvalue weighted by atomic mass is 32.2. The third-order valence-electron chi connectivity index (χ3n) is 4.12. The molecule has 1 N–H and O–H groups in total. The second-order valence-electron chi connectivity index (χ2n) is 5.91. The molecule has 1 aromatic carbocycles. The Hall–Kier alpha value is -0.960. The first-order chi connectivity index (χ1) is 9.22. The van der Waals surface area contributed by atoms with Crippen LogP contribution in [0.3, 0.4) is 0 Å². The summed E-state index contributed by atoms with van der Waals surface area (Å²) >= 11 is 1.89. The summed E-state index contributed by atoms with van der Waals surface area (Å²) in [7, 11) is 0. The molecule has 1 heterocycles. The SMILES string of the molecule is CC(C)C1CSC(NC2CCc3ccccc3C2)=N1. The molecule has 1 aromatic rings. The predicted molar refractivity (Wildman–Crippen MR) is 83.9 cm³/mol. The van der Waals surface area contributed by atoms with Crippen molar-refractivity contribution in [1.29, 1.82) is 0 Å². The Balaban J connectivity index is 1.62. The van der Waals surface area contributed by atoms with Gasteiger partial charge in [-0.25, -0.2) is 0 Å². The van der Waals surface area contributed by atoms with Crippen molar-refractivity contribution in [3.8, 4) is 0 Å². The van der Waals surface area contributed by atoms with Crippen LogP contribution in [0.5, 0.6) is 0 Å². The fourth-order valence-electron chi connectivity index (χ4n) is 2.81. The van der Waals surface area contributed by atoms with Gasteiger partial charge in [-0.3, -0.25) is 4.99 Å². The summed E-state index contributed by atoms with van der Waals surface area (Å²) in [5, 5.41) is 4.83. The van der Waals surface area contributed by atoms with Crippen molar-refractivity contribution in [2.45, 2.75) is 45.2 Å². The van der Waals surface area contributed by atoms with Crippen molar-refractivity contribution in [3.63, 3.8) is 0 Å². The quantitative estimate of drug-likeness (QED) is 0.895. The molecule has 0 spiro atoms. The van der Waals surface area contributed by atoms with Crippen LogP contribution in [-0.2, 0) is 12.8 Å². The van der Waals surface area contributed by atoms with Crippen LogP contribution >= 0.6 is 11.8 Å². The second kappa shape index (κ2) is 5.58. The maximum absolute atomic E-state index is 4.81. The largest absolute Gasteiger partial charge is 0.362 e. The number of nitrogens with zero attached hydrogens (tertiary/aromatic N) is 1. The first kappa shape index (κ1) is 13.0. The van der Waals surface area contributed by atoms with Crippen LogP contribution in [0.1, 0.15) is 31.4 Å². The minimum Gasteiger partial charge on any atom is -0.362 e. The lowest BCUT2D eigenvalue weighted by atomic mass is 9.88. The van der Waals surface area contributed by atoms with E-state index in [1.807, 2.05) is 11.8 Å². The Morgan fingerprint density at radius 1 is 1.26 bits per heavy atom. The van der Waals surface area contributed by atoms with E-state index < -0.39 is 0 Å². The van der Waals surface area contributed by atoms with Crippen LogP contribution in [0.25, 0.3) is 0 Å². The van der Waals surface area contributed by atoms with E-state index in [9.17, 15) is 0 Å². The number of rotatable bonds is 2. The van der Waals surface area contributed by atoms with Crippen LogP contribution < -0.4 is 5.32 Å². The molecule has 3 heteroatoms.